The fourth-order valence-electron chi connectivity index (χ4n) is 0.432. The van der Waals surface area contributed by atoms with E-state index in [0.717, 1.165) is 5.06 Å². The topological polar surface area (TPSA) is 38.8 Å². The Balaban J connectivity index is 3.54. The minimum atomic E-state index is -0.491. The molecule has 1 amide bonds. The number of ether oxygens (including phenoxy) is 1. The first kappa shape index (κ1) is 9.97. The highest BCUT2D eigenvalue weighted by atomic mass is 16.7. The van der Waals surface area contributed by atoms with Crippen LogP contribution in [0.5, 0.6) is 0 Å². The molecule has 0 saturated carbocycles. The van der Waals surface area contributed by atoms with Crippen LogP contribution >= 0.6 is 0 Å². The van der Waals surface area contributed by atoms with Gasteiger partial charge in [-0.05, 0) is 6.92 Å². The van der Waals surface area contributed by atoms with Gasteiger partial charge in [-0.3, -0.25) is 4.84 Å². The molecular formula is C7H13NO3. The van der Waals surface area contributed by atoms with Gasteiger partial charge in [-0.15, -0.1) is 6.58 Å². The van der Waals surface area contributed by atoms with Crippen molar-refractivity contribution in [2.45, 2.75) is 6.92 Å². The van der Waals surface area contributed by atoms with Gasteiger partial charge in [0.25, 0.3) is 0 Å². The zero-order valence-corrected chi connectivity index (χ0v) is 6.87. The van der Waals surface area contributed by atoms with E-state index in [-0.39, 0.29) is 0 Å². The Morgan fingerprint density at radius 2 is 2.36 bits per heavy atom. The molecule has 0 aliphatic carbocycles. The number of rotatable bonds is 4. The number of carbonyl (C=O) groups excluding carboxylic acids is 1. The summed E-state index contributed by atoms with van der Waals surface area (Å²) in [5.74, 6) is 0. The van der Waals surface area contributed by atoms with Crippen LogP contribution in [0.15, 0.2) is 12.7 Å². The van der Waals surface area contributed by atoms with Crippen molar-refractivity contribution in [1.82, 2.24) is 5.06 Å². The Morgan fingerprint density at radius 1 is 1.73 bits per heavy atom. The summed E-state index contributed by atoms with van der Waals surface area (Å²) in [5.41, 5.74) is 0. The van der Waals surface area contributed by atoms with Gasteiger partial charge in [0.05, 0.1) is 13.2 Å². The first-order valence-electron chi connectivity index (χ1n) is 3.36. The normalized spacial score (nSPS) is 8.91. The second-order valence-electron chi connectivity index (χ2n) is 1.78. The Kier molecular flexibility index (Phi) is 5.20. The summed E-state index contributed by atoms with van der Waals surface area (Å²) < 4.78 is 4.63. The van der Waals surface area contributed by atoms with E-state index in [1.807, 2.05) is 0 Å². The van der Waals surface area contributed by atoms with Crippen molar-refractivity contribution in [3.05, 3.63) is 12.7 Å². The Bertz CT molecular complexity index is 136. The molecule has 0 bridgehead atoms. The van der Waals surface area contributed by atoms with Crippen LogP contribution in [0.3, 0.4) is 0 Å². The Morgan fingerprint density at radius 3 is 2.82 bits per heavy atom. The molecule has 4 heteroatoms. The summed E-state index contributed by atoms with van der Waals surface area (Å²) in [7, 11) is 1.49. The van der Waals surface area contributed by atoms with Crippen LogP contribution in [-0.4, -0.2) is 31.4 Å². The van der Waals surface area contributed by atoms with E-state index in [1.165, 1.54) is 7.05 Å². The minimum Gasteiger partial charge on any atom is -0.448 e. The zero-order chi connectivity index (χ0) is 8.69. The van der Waals surface area contributed by atoms with Crippen molar-refractivity contribution < 1.29 is 14.4 Å². The Hall–Kier alpha value is -1.03. The van der Waals surface area contributed by atoms with Crippen LogP contribution in [0, 0.1) is 0 Å². The van der Waals surface area contributed by atoms with Gasteiger partial charge in [-0.25, -0.2) is 4.79 Å². The van der Waals surface area contributed by atoms with Crippen LogP contribution in [0.2, 0.25) is 0 Å². The molecule has 0 heterocycles. The lowest BCUT2D eigenvalue weighted by molar-refractivity contribution is -0.107. The SMILES string of the molecule is C=CCON(C)C(=O)OCC. The van der Waals surface area contributed by atoms with E-state index >= 15 is 0 Å². The summed E-state index contributed by atoms with van der Waals surface area (Å²) >= 11 is 0. The third kappa shape index (κ3) is 4.38. The maximum atomic E-state index is 10.8. The zero-order valence-electron chi connectivity index (χ0n) is 6.87. The summed E-state index contributed by atoms with van der Waals surface area (Å²) in [4.78, 5) is 15.6. The van der Waals surface area contributed by atoms with Crippen molar-refractivity contribution >= 4 is 6.09 Å². The van der Waals surface area contributed by atoms with Crippen molar-refractivity contribution in [1.29, 1.82) is 0 Å². The van der Waals surface area contributed by atoms with Gasteiger partial charge in [-0.1, -0.05) is 6.08 Å². The van der Waals surface area contributed by atoms with Gasteiger partial charge in [0.1, 0.15) is 0 Å². The Labute approximate surface area is 66.3 Å². The lowest BCUT2D eigenvalue weighted by Crippen LogP contribution is -2.27. The van der Waals surface area contributed by atoms with Crippen LogP contribution in [0.4, 0.5) is 4.79 Å². The lowest BCUT2D eigenvalue weighted by Gasteiger charge is -2.14. The van der Waals surface area contributed by atoms with Gasteiger partial charge in [0, 0.05) is 7.05 Å². The summed E-state index contributed by atoms with van der Waals surface area (Å²) in [6.45, 7) is 5.82. The molecule has 0 aliphatic heterocycles. The molecule has 0 aromatic heterocycles. The minimum absolute atomic E-state index is 0.301. The van der Waals surface area contributed by atoms with Crippen LogP contribution < -0.4 is 0 Å². The van der Waals surface area contributed by atoms with Crippen LogP contribution in [0.25, 0.3) is 0 Å². The molecule has 0 aromatic carbocycles. The molecule has 64 valence electrons. The lowest BCUT2D eigenvalue weighted by atomic mass is 10.7. The second-order valence-corrected chi connectivity index (χ2v) is 1.78. The van der Waals surface area contributed by atoms with Gasteiger partial charge >= 0.3 is 6.09 Å². The third-order valence-electron chi connectivity index (χ3n) is 0.911. The molecule has 0 aliphatic rings. The molecule has 0 N–H and O–H groups in total. The van der Waals surface area contributed by atoms with Gasteiger partial charge in [0.15, 0.2) is 0 Å². The highest BCUT2D eigenvalue weighted by molar-refractivity contribution is 5.65. The average molecular weight is 159 g/mol. The molecule has 4 nitrogen and oxygen atoms in total. The van der Waals surface area contributed by atoms with E-state index in [0.29, 0.717) is 13.2 Å². The number of hydrogen-bond acceptors (Lipinski definition) is 3. The predicted octanol–water partition coefficient (Wildman–Crippen LogP) is 1.19. The average Bonchev–Trinajstić information content (AvgIpc) is 2.00. The number of hydrogen-bond donors (Lipinski definition) is 0. The van der Waals surface area contributed by atoms with E-state index in [9.17, 15) is 4.79 Å². The molecule has 0 fully saturated rings. The van der Waals surface area contributed by atoms with E-state index < -0.39 is 6.09 Å². The quantitative estimate of drug-likeness (QED) is 0.457. The monoisotopic (exact) mass is 159 g/mol. The standard InChI is InChI=1S/C7H13NO3/c1-4-6-11-8(3)7(9)10-5-2/h4H,1,5-6H2,2-3H3. The van der Waals surface area contributed by atoms with Gasteiger partial charge in [-0.2, -0.15) is 5.06 Å². The number of carbonyl (C=O) groups is 1. The van der Waals surface area contributed by atoms with E-state index in [4.69, 9.17) is 4.84 Å². The maximum absolute atomic E-state index is 10.8. The molecule has 11 heavy (non-hydrogen) atoms. The van der Waals surface area contributed by atoms with Crippen molar-refractivity contribution in [2.24, 2.45) is 0 Å². The van der Waals surface area contributed by atoms with Gasteiger partial charge < -0.3 is 4.74 Å². The van der Waals surface area contributed by atoms with Crippen LogP contribution in [0.1, 0.15) is 6.92 Å². The molecule has 0 unspecified atom stereocenters. The second kappa shape index (κ2) is 5.73. The fraction of sp³-hybridized carbons (Fsp3) is 0.571. The van der Waals surface area contributed by atoms with E-state index in [1.54, 1.807) is 13.0 Å². The molecular weight excluding hydrogens is 146 g/mol. The summed E-state index contributed by atoms with van der Waals surface area (Å²) in [6, 6.07) is 0. The first-order chi connectivity index (χ1) is 5.22. The molecule has 0 aromatic rings. The van der Waals surface area contributed by atoms with E-state index in [2.05, 4.69) is 11.3 Å². The third-order valence-corrected chi connectivity index (χ3v) is 0.911. The first-order valence-corrected chi connectivity index (χ1v) is 3.36. The largest absolute Gasteiger partial charge is 0.448 e. The number of nitrogens with zero attached hydrogens (tertiary/aromatic N) is 1. The molecule has 0 spiro atoms. The highest BCUT2D eigenvalue weighted by Crippen LogP contribution is 1.90. The summed E-state index contributed by atoms with van der Waals surface area (Å²) in [5, 5.41) is 1.03. The number of amides is 1. The van der Waals surface area contributed by atoms with Crippen molar-refractivity contribution in [3.63, 3.8) is 0 Å². The maximum Gasteiger partial charge on any atom is 0.433 e. The van der Waals surface area contributed by atoms with Gasteiger partial charge in [0.2, 0.25) is 0 Å². The highest BCUT2D eigenvalue weighted by Gasteiger charge is 2.07. The summed E-state index contributed by atoms with van der Waals surface area (Å²) in [6.07, 6.45) is 1.06. The fourth-order valence-corrected chi connectivity index (χ4v) is 0.432. The molecule has 0 atom stereocenters. The smallest absolute Gasteiger partial charge is 0.433 e. The van der Waals surface area contributed by atoms with Crippen molar-refractivity contribution in [2.75, 3.05) is 20.3 Å². The number of hydroxylamine groups is 2. The molecule has 0 radical (unpaired) electrons. The molecule has 0 rings (SSSR count). The molecule has 0 saturated heterocycles. The predicted molar refractivity (Wildman–Crippen MR) is 40.9 cm³/mol. The van der Waals surface area contributed by atoms with Crippen LogP contribution in [-0.2, 0) is 9.57 Å². The van der Waals surface area contributed by atoms with Crippen molar-refractivity contribution in [3.8, 4) is 0 Å².